The number of rotatable bonds is 4. The highest BCUT2D eigenvalue weighted by Crippen LogP contribution is 2.32. The summed E-state index contributed by atoms with van der Waals surface area (Å²) in [4.78, 5) is 45.7. The van der Waals surface area contributed by atoms with Crippen LogP contribution in [0.3, 0.4) is 0 Å². The van der Waals surface area contributed by atoms with Crippen molar-refractivity contribution in [3.8, 4) is 0 Å². The lowest BCUT2D eigenvalue weighted by atomic mass is 9.93. The van der Waals surface area contributed by atoms with Crippen molar-refractivity contribution in [1.82, 2.24) is 29.6 Å². The van der Waals surface area contributed by atoms with Crippen molar-refractivity contribution in [3.05, 3.63) is 64.2 Å². The molecule has 2 fully saturated rings. The normalized spacial score (nSPS) is 21.8. The van der Waals surface area contributed by atoms with Crippen LogP contribution >= 0.6 is 0 Å². The summed E-state index contributed by atoms with van der Waals surface area (Å²) in [6.45, 7) is -2.06. The second-order valence-corrected chi connectivity index (χ2v) is 10.0. The molecule has 0 unspecified atom stereocenters. The molecule has 5 rings (SSSR count). The molecule has 2 atom stereocenters. The maximum Gasteiger partial charge on any atom is 0.406 e. The molecule has 0 aliphatic carbocycles. The quantitative estimate of drug-likeness (QED) is 0.469. The van der Waals surface area contributed by atoms with Crippen molar-refractivity contribution >= 4 is 23.1 Å². The molecule has 2 aliphatic rings. The molecule has 4 heterocycles. The third kappa shape index (κ3) is 5.65. The third-order valence-electron chi connectivity index (χ3n) is 7.42. The average Bonchev–Trinajstić information content (AvgIpc) is 3.10. The fourth-order valence-electron chi connectivity index (χ4n) is 5.50. The number of aromatic amines is 1. The number of nitrogens with zero attached hydrogens (tertiary/aromatic N) is 4. The van der Waals surface area contributed by atoms with Gasteiger partial charge in [-0.2, -0.15) is 13.2 Å². The lowest BCUT2D eigenvalue weighted by Gasteiger charge is -2.34. The van der Waals surface area contributed by atoms with Crippen LogP contribution in [-0.2, 0) is 4.79 Å². The summed E-state index contributed by atoms with van der Waals surface area (Å²) in [6, 6.07) is 3.79. The number of nitrogens with one attached hydrogen (secondary N) is 2. The Morgan fingerprint density at radius 1 is 1.12 bits per heavy atom. The second kappa shape index (κ2) is 10.9. The fourth-order valence-corrected chi connectivity index (χ4v) is 5.50. The molecule has 14 heteroatoms. The minimum Gasteiger partial charge on any atom is -0.331 e. The number of urea groups is 1. The Morgan fingerprint density at radius 2 is 1.88 bits per heavy atom. The van der Waals surface area contributed by atoms with Gasteiger partial charge in [0.2, 0.25) is 5.91 Å². The number of carbonyl (C=O) groups is 2. The van der Waals surface area contributed by atoms with Crippen LogP contribution in [0.15, 0.2) is 41.3 Å². The maximum atomic E-state index is 14.5. The van der Waals surface area contributed by atoms with Gasteiger partial charge in [0.25, 0.3) is 0 Å². The smallest absolute Gasteiger partial charge is 0.331 e. The summed E-state index contributed by atoms with van der Waals surface area (Å²) >= 11 is 0. The van der Waals surface area contributed by atoms with E-state index in [2.05, 4.69) is 4.98 Å². The van der Waals surface area contributed by atoms with E-state index in [9.17, 15) is 36.3 Å². The third-order valence-corrected chi connectivity index (χ3v) is 7.42. The topological polar surface area (TPSA) is 103 Å². The summed E-state index contributed by atoms with van der Waals surface area (Å²) in [5.41, 5.74) is -0.124. The highest BCUT2D eigenvalue weighted by molar-refractivity contribution is 5.87. The standard InChI is InChI=1S/C26H27F5N6O3/c27-18-4-1-3-17(21(18)28)15-6-7-19(23(38)36(13-15)14-26(29,30)31)33-24(39)35-11-8-16(9-12-35)37-20-5-2-10-32-22(20)34-25(37)40/h1-5,10,15-16,19H,6-9,11-14H2,(H,33,39)(H,32,34,40)/t15-,19-/m1/s1/i/hD2. The molecule has 2 saturated heterocycles. The lowest BCUT2D eigenvalue weighted by Crippen LogP contribution is -2.54. The van der Waals surface area contributed by atoms with E-state index in [-0.39, 0.29) is 56.0 Å². The van der Waals surface area contributed by atoms with Gasteiger partial charge in [-0.05, 0) is 49.4 Å². The number of amides is 3. The first kappa shape index (κ1) is 25.0. The number of hydrogen-bond donors (Lipinski definition) is 2. The van der Waals surface area contributed by atoms with Gasteiger partial charge in [0.05, 0.1) is 5.52 Å². The lowest BCUT2D eigenvalue weighted by molar-refractivity contribution is -0.162. The molecule has 40 heavy (non-hydrogen) atoms. The van der Waals surface area contributed by atoms with Crippen LogP contribution in [0.5, 0.6) is 0 Å². The Morgan fingerprint density at radius 3 is 2.60 bits per heavy atom. The van der Waals surface area contributed by atoms with Crippen LogP contribution < -0.4 is 11.0 Å². The molecule has 0 spiro atoms. The SMILES string of the molecule is [2H]N(C(=O)N1CCC(n2c(=O)n([2H])c3ncccc32)CC1)[C@@H]1CC[C@@H](c2cccc(F)c2F)CN(CC(F)(F)F)C1=O. The first-order chi connectivity index (χ1) is 19.9. The van der Waals surface area contributed by atoms with Crippen LogP contribution in [0, 0.1) is 11.6 Å². The van der Waals surface area contributed by atoms with Crippen LogP contribution in [-0.4, -0.2) is 74.7 Å². The first-order valence-electron chi connectivity index (χ1n) is 13.7. The van der Waals surface area contributed by atoms with E-state index in [1.54, 1.807) is 12.1 Å². The number of carbonyl (C=O) groups excluding carboxylic acids is 2. The zero-order chi connectivity index (χ0) is 30.3. The number of pyridine rings is 1. The van der Waals surface area contributed by atoms with Gasteiger partial charge in [0.15, 0.2) is 20.1 Å². The molecule has 3 amide bonds. The van der Waals surface area contributed by atoms with Crippen molar-refractivity contribution in [2.45, 2.75) is 49.9 Å². The Bertz CT molecular complexity index is 1560. The molecule has 2 aliphatic heterocycles. The van der Waals surface area contributed by atoms with E-state index in [1.165, 1.54) is 27.8 Å². The Labute approximate surface area is 227 Å². The predicted molar refractivity (Wildman–Crippen MR) is 133 cm³/mol. The molecule has 1 aromatic carbocycles. The van der Waals surface area contributed by atoms with E-state index < -0.39 is 60.5 Å². The number of piperidine rings is 1. The largest absolute Gasteiger partial charge is 0.406 e. The van der Waals surface area contributed by atoms with Crippen molar-refractivity contribution in [3.63, 3.8) is 0 Å². The zero-order valence-corrected chi connectivity index (χ0v) is 21.2. The maximum absolute atomic E-state index is 14.5. The van der Waals surface area contributed by atoms with Crippen LogP contribution in [0.4, 0.5) is 26.7 Å². The van der Waals surface area contributed by atoms with Gasteiger partial charge in [-0.15, -0.1) is 0 Å². The second-order valence-electron chi connectivity index (χ2n) is 10.0. The van der Waals surface area contributed by atoms with Gasteiger partial charge in [0, 0.05) is 37.8 Å². The van der Waals surface area contributed by atoms with E-state index in [1.807, 2.05) is 0 Å². The molecule has 214 valence electrons. The summed E-state index contributed by atoms with van der Waals surface area (Å²) in [5, 5.41) is 0.363. The van der Waals surface area contributed by atoms with E-state index >= 15 is 0 Å². The summed E-state index contributed by atoms with van der Waals surface area (Å²) in [5.74, 6) is -4.48. The van der Waals surface area contributed by atoms with Crippen LogP contribution in [0.25, 0.3) is 11.2 Å². The number of halogens is 5. The number of benzene rings is 1. The summed E-state index contributed by atoms with van der Waals surface area (Å²) in [6.07, 6.45) is -3.07. The van der Waals surface area contributed by atoms with Gasteiger partial charge in [-0.3, -0.25) is 14.3 Å². The number of fused-ring (bicyclic) bond motifs is 1. The monoisotopic (exact) mass is 568 g/mol. The van der Waals surface area contributed by atoms with Crippen LogP contribution in [0.2, 0.25) is 2.82 Å². The number of alkyl halides is 3. The molecule has 0 radical (unpaired) electrons. The number of imidazole rings is 1. The van der Waals surface area contributed by atoms with E-state index in [0.717, 1.165) is 6.07 Å². The number of aromatic nitrogens is 3. The number of likely N-dealkylation sites (tertiary alicyclic amines) is 2. The van der Waals surface area contributed by atoms with Gasteiger partial charge in [-0.1, -0.05) is 12.1 Å². The Hall–Kier alpha value is -3.97. The van der Waals surface area contributed by atoms with Crippen molar-refractivity contribution in [1.29, 1.82) is 0 Å². The van der Waals surface area contributed by atoms with Gasteiger partial charge < -0.3 is 15.1 Å². The molecule has 3 aromatic rings. The minimum atomic E-state index is -4.80. The van der Waals surface area contributed by atoms with E-state index in [4.69, 9.17) is 2.82 Å². The number of hydrogen-bond acceptors (Lipinski definition) is 4. The zero-order valence-electron chi connectivity index (χ0n) is 23.2. The summed E-state index contributed by atoms with van der Waals surface area (Å²) in [7, 11) is 0. The number of H-pyrrole nitrogens is 1. The van der Waals surface area contributed by atoms with Gasteiger partial charge in [-0.25, -0.2) is 23.4 Å². The molecule has 9 nitrogen and oxygen atoms in total. The van der Waals surface area contributed by atoms with Gasteiger partial charge >= 0.3 is 17.9 Å². The minimum absolute atomic E-state index is 0.0655. The first-order valence-corrected chi connectivity index (χ1v) is 12.8. The van der Waals surface area contributed by atoms with Crippen molar-refractivity contribution in [2.75, 3.05) is 26.2 Å². The molecule has 2 aromatic heterocycles. The van der Waals surface area contributed by atoms with E-state index in [0.29, 0.717) is 20.7 Å². The molecule has 0 bridgehead atoms. The van der Waals surface area contributed by atoms with Crippen LogP contribution in [0.1, 0.15) is 43.2 Å². The van der Waals surface area contributed by atoms with Crippen molar-refractivity contribution in [2.24, 2.45) is 0 Å². The molecule has 0 saturated carbocycles. The molecular weight excluding hydrogens is 539 g/mol. The fraction of sp³-hybridized carbons (Fsp3) is 0.462. The average molecular weight is 569 g/mol. The van der Waals surface area contributed by atoms with Gasteiger partial charge in [0.1, 0.15) is 12.6 Å². The Balaban J connectivity index is 1.32. The highest BCUT2D eigenvalue weighted by atomic mass is 19.4. The molecular formula is C26H27F5N6O3. The Kier molecular flexibility index (Phi) is 6.81. The predicted octanol–water partition coefficient (Wildman–Crippen LogP) is 3.69. The summed E-state index contributed by atoms with van der Waals surface area (Å²) < 4.78 is 86.5. The highest BCUT2D eigenvalue weighted by Gasteiger charge is 2.40. The van der Waals surface area contributed by atoms with Crippen molar-refractivity contribution < 1.29 is 34.4 Å². The molecule has 2 N–H and O–H groups in total.